The van der Waals surface area contributed by atoms with Crippen LogP contribution in [0.25, 0.3) is 0 Å². The first-order valence-electron chi connectivity index (χ1n) is 9.73. The molecular formula is C21H25NO10. The van der Waals surface area contributed by atoms with E-state index in [1.54, 1.807) is 12.1 Å². The van der Waals surface area contributed by atoms with E-state index in [1.165, 1.54) is 26.0 Å². The third-order valence-corrected chi connectivity index (χ3v) is 4.36. The molecule has 1 heterocycles. The Balaban J connectivity index is 2.49. The average Bonchev–Trinajstić information content (AvgIpc) is 2.70. The van der Waals surface area contributed by atoms with Crippen LogP contribution in [0.15, 0.2) is 24.3 Å². The molecule has 0 aromatic heterocycles. The zero-order valence-corrected chi connectivity index (χ0v) is 18.1. The van der Waals surface area contributed by atoms with Crippen LogP contribution in [0, 0.1) is 0 Å². The van der Waals surface area contributed by atoms with Gasteiger partial charge in [0.25, 0.3) is 0 Å². The number of carbonyl (C=O) groups is 5. The van der Waals surface area contributed by atoms with E-state index in [0.29, 0.717) is 6.29 Å². The molecule has 1 aromatic carbocycles. The van der Waals surface area contributed by atoms with E-state index in [9.17, 15) is 24.0 Å². The maximum Gasteiger partial charge on any atom is 0.303 e. The topological polar surface area (TPSA) is 144 Å². The Morgan fingerprint density at radius 1 is 0.969 bits per heavy atom. The fourth-order valence-electron chi connectivity index (χ4n) is 3.20. The highest BCUT2D eigenvalue weighted by molar-refractivity contribution is 5.79. The molecule has 5 atom stereocenters. The molecule has 11 heteroatoms. The Labute approximate surface area is 184 Å². The fraction of sp³-hybridized carbons (Fsp3) is 0.476. The second-order valence-electron chi connectivity index (χ2n) is 6.99. The number of benzene rings is 1. The minimum absolute atomic E-state index is 0.140. The van der Waals surface area contributed by atoms with Crippen molar-refractivity contribution in [1.29, 1.82) is 0 Å². The molecule has 0 unspecified atom stereocenters. The number of hydrogen-bond donors (Lipinski definition) is 1. The van der Waals surface area contributed by atoms with Crippen molar-refractivity contribution in [2.75, 3.05) is 6.61 Å². The summed E-state index contributed by atoms with van der Waals surface area (Å²) in [6, 6.07) is 5.15. The largest absolute Gasteiger partial charge is 0.463 e. The Kier molecular flexibility index (Phi) is 8.71. The van der Waals surface area contributed by atoms with Gasteiger partial charge in [-0.3, -0.25) is 24.0 Å². The predicted octanol–water partition coefficient (Wildman–Crippen LogP) is 0.534. The van der Waals surface area contributed by atoms with Crippen LogP contribution < -0.4 is 10.1 Å². The lowest BCUT2D eigenvalue weighted by atomic mass is 9.96. The van der Waals surface area contributed by atoms with Gasteiger partial charge < -0.3 is 29.0 Å². The second-order valence-corrected chi connectivity index (χ2v) is 6.99. The summed E-state index contributed by atoms with van der Waals surface area (Å²) in [5.41, 5.74) is 0.209. The number of aldehydes is 1. The van der Waals surface area contributed by atoms with Gasteiger partial charge in [0.2, 0.25) is 12.2 Å². The lowest BCUT2D eigenvalue weighted by molar-refractivity contribution is -0.257. The van der Waals surface area contributed by atoms with Crippen molar-refractivity contribution in [2.24, 2.45) is 0 Å². The molecule has 174 valence electrons. The van der Waals surface area contributed by atoms with Gasteiger partial charge in [0.15, 0.2) is 18.5 Å². The van der Waals surface area contributed by atoms with Crippen LogP contribution in [-0.4, -0.2) is 67.4 Å². The summed E-state index contributed by atoms with van der Waals surface area (Å²) in [6.45, 7) is 4.34. The van der Waals surface area contributed by atoms with E-state index in [1.807, 2.05) is 0 Å². The number of ether oxygens (including phenoxy) is 5. The summed E-state index contributed by atoms with van der Waals surface area (Å²) in [4.78, 5) is 58.2. The summed E-state index contributed by atoms with van der Waals surface area (Å²) in [7, 11) is 0. The van der Waals surface area contributed by atoms with E-state index in [-0.39, 0.29) is 17.9 Å². The van der Waals surface area contributed by atoms with Crippen LogP contribution in [-0.2, 0) is 38.1 Å². The van der Waals surface area contributed by atoms with Gasteiger partial charge in [0, 0.05) is 27.7 Å². The lowest BCUT2D eigenvalue weighted by Gasteiger charge is -2.44. The Bertz CT molecular complexity index is 870. The quantitative estimate of drug-likeness (QED) is 0.338. The molecule has 0 saturated carbocycles. The zero-order chi connectivity index (χ0) is 23.8. The summed E-state index contributed by atoms with van der Waals surface area (Å²) < 4.78 is 27.4. The van der Waals surface area contributed by atoms with Crippen molar-refractivity contribution in [3.8, 4) is 5.75 Å². The lowest BCUT2D eigenvalue weighted by Crippen LogP contribution is -2.67. The summed E-state index contributed by atoms with van der Waals surface area (Å²) in [6.07, 6.45) is -4.30. The minimum atomic E-state index is -1.29. The predicted molar refractivity (Wildman–Crippen MR) is 106 cm³/mol. The monoisotopic (exact) mass is 451 g/mol. The van der Waals surface area contributed by atoms with Gasteiger partial charge in [0.05, 0.1) is 5.56 Å². The van der Waals surface area contributed by atoms with Gasteiger partial charge >= 0.3 is 17.9 Å². The molecule has 0 spiro atoms. The van der Waals surface area contributed by atoms with Gasteiger partial charge in [-0.2, -0.15) is 0 Å². The highest BCUT2D eigenvalue weighted by Crippen LogP contribution is 2.30. The summed E-state index contributed by atoms with van der Waals surface area (Å²) >= 11 is 0. The molecule has 0 aliphatic carbocycles. The van der Waals surface area contributed by atoms with E-state index >= 15 is 0 Å². The zero-order valence-electron chi connectivity index (χ0n) is 18.1. The van der Waals surface area contributed by atoms with Crippen LogP contribution in [0.4, 0.5) is 0 Å². The van der Waals surface area contributed by atoms with Crippen molar-refractivity contribution in [2.45, 2.75) is 58.3 Å². The Morgan fingerprint density at radius 3 is 2.16 bits per heavy atom. The van der Waals surface area contributed by atoms with Gasteiger partial charge in [-0.05, 0) is 12.1 Å². The standard InChI is InChI=1S/C21H25NO10/c1-11(24)22-18-20(30-14(4)27)19(29-13(3)26)17(10-28-12(2)25)32-21(18)31-16-8-6-5-7-15(16)9-23/h5-9,17-21H,10H2,1-4H3,(H,22,24)/t17-,18+,19+,20+,21-/m1/s1. The van der Waals surface area contributed by atoms with Crippen LogP contribution in [0.3, 0.4) is 0 Å². The van der Waals surface area contributed by atoms with E-state index < -0.39 is 54.5 Å². The highest BCUT2D eigenvalue weighted by Gasteiger charge is 2.52. The summed E-state index contributed by atoms with van der Waals surface area (Å²) in [5, 5.41) is 2.58. The van der Waals surface area contributed by atoms with Gasteiger partial charge in [-0.1, -0.05) is 12.1 Å². The Hall–Kier alpha value is -3.47. The van der Waals surface area contributed by atoms with Crippen LogP contribution in [0.2, 0.25) is 0 Å². The first-order chi connectivity index (χ1) is 15.1. The molecular weight excluding hydrogens is 426 g/mol. The fourth-order valence-corrected chi connectivity index (χ4v) is 3.20. The highest BCUT2D eigenvalue weighted by atomic mass is 16.7. The van der Waals surface area contributed by atoms with Crippen molar-refractivity contribution in [3.63, 3.8) is 0 Å². The van der Waals surface area contributed by atoms with E-state index in [4.69, 9.17) is 23.7 Å². The van der Waals surface area contributed by atoms with Crippen molar-refractivity contribution < 1.29 is 47.7 Å². The van der Waals surface area contributed by atoms with Gasteiger partial charge in [-0.25, -0.2) is 0 Å². The van der Waals surface area contributed by atoms with Crippen molar-refractivity contribution in [1.82, 2.24) is 5.32 Å². The maximum atomic E-state index is 11.9. The average molecular weight is 451 g/mol. The third-order valence-electron chi connectivity index (χ3n) is 4.36. The van der Waals surface area contributed by atoms with E-state index in [0.717, 1.165) is 13.8 Å². The number of hydrogen-bond acceptors (Lipinski definition) is 10. The first-order valence-corrected chi connectivity index (χ1v) is 9.73. The minimum Gasteiger partial charge on any atom is -0.463 e. The number of rotatable bonds is 8. The molecule has 1 aromatic rings. The SMILES string of the molecule is CC(=O)N[C@@H]1[C@H](Oc2ccccc2C=O)O[C@H](COC(C)=O)[C@H](OC(C)=O)[C@H]1OC(C)=O. The molecule has 1 amide bonds. The number of nitrogens with one attached hydrogen (secondary N) is 1. The molecule has 1 aliphatic rings. The van der Waals surface area contributed by atoms with E-state index in [2.05, 4.69) is 5.32 Å². The number of esters is 3. The maximum absolute atomic E-state index is 11.9. The third kappa shape index (κ3) is 6.77. The molecule has 1 aliphatic heterocycles. The van der Waals surface area contributed by atoms with Crippen LogP contribution >= 0.6 is 0 Å². The molecule has 1 fully saturated rings. The normalized spacial score (nSPS) is 24.6. The molecule has 1 saturated heterocycles. The molecule has 32 heavy (non-hydrogen) atoms. The van der Waals surface area contributed by atoms with Gasteiger partial charge in [0.1, 0.15) is 24.5 Å². The molecule has 0 radical (unpaired) electrons. The summed E-state index contributed by atoms with van der Waals surface area (Å²) in [5.74, 6) is -2.42. The molecule has 2 rings (SSSR count). The van der Waals surface area contributed by atoms with Crippen LogP contribution in [0.5, 0.6) is 5.75 Å². The van der Waals surface area contributed by atoms with Crippen molar-refractivity contribution in [3.05, 3.63) is 29.8 Å². The smallest absolute Gasteiger partial charge is 0.303 e. The van der Waals surface area contributed by atoms with Crippen LogP contribution in [0.1, 0.15) is 38.1 Å². The second kappa shape index (κ2) is 11.2. The number of carbonyl (C=O) groups excluding carboxylic acids is 5. The van der Waals surface area contributed by atoms with Crippen molar-refractivity contribution >= 4 is 30.1 Å². The number of para-hydroxylation sites is 1. The molecule has 1 N–H and O–H groups in total. The molecule has 11 nitrogen and oxygen atoms in total. The Morgan fingerprint density at radius 2 is 1.59 bits per heavy atom. The number of amides is 1. The molecule has 0 bridgehead atoms. The first kappa shape index (κ1) is 24.8. The van der Waals surface area contributed by atoms with Gasteiger partial charge in [-0.15, -0.1) is 0 Å².